The van der Waals surface area contributed by atoms with Gasteiger partial charge in [0.1, 0.15) is 0 Å². The number of rotatable bonds is 5. The molecule has 1 aromatic heterocycles. The standard InChI is InChI=1S/C24H38N4O3S/c1-14(22(31)28-10-6-7-11-28)16-8-9-24(3)12-17-20(15(2)19(24)21(16)30)26-23(32-17)25-18(29)13-27(4)5/h14-16,19,21,30H,6-13H2,1-5H3,(H,25,26,29)/t14-,15+,16-,19+,21-,24+/m0/s1. The summed E-state index contributed by atoms with van der Waals surface area (Å²) >= 11 is 1.57. The van der Waals surface area contributed by atoms with Gasteiger partial charge < -0.3 is 20.2 Å². The zero-order chi connectivity index (χ0) is 23.2. The maximum absolute atomic E-state index is 13.1. The Morgan fingerprint density at radius 3 is 2.69 bits per heavy atom. The fourth-order valence-electron chi connectivity index (χ4n) is 6.45. The highest BCUT2D eigenvalue weighted by Gasteiger charge is 2.54. The first-order valence-electron chi connectivity index (χ1n) is 12.0. The van der Waals surface area contributed by atoms with E-state index in [4.69, 9.17) is 4.98 Å². The largest absolute Gasteiger partial charge is 0.392 e. The number of aliphatic hydroxyl groups is 1. The van der Waals surface area contributed by atoms with Crippen LogP contribution in [0.5, 0.6) is 0 Å². The molecular formula is C24H38N4O3S. The first-order valence-corrected chi connectivity index (χ1v) is 12.8. The van der Waals surface area contributed by atoms with Gasteiger partial charge in [-0.15, -0.1) is 11.3 Å². The molecule has 0 aromatic carbocycles. The first-order chi connectivity index (χ1) is 15.1. The van der Waals surface area contributed by atoms with E-state index in [1.54, 1.807) is 11.3 Å². The van der Waals surface area contributed by atoms with Crippen LogP contribution in [0.25, 0.3) is 0 Å². The molecule has 0 spiro atoms. The fourth-order valence-corrected chi connectivity index (χ4v) is 7.73. The van der Waals surface area contributed by atoms with Gasteiger partial charge in [0.15, 0.2) is 5.13 Å². The Morgan fingerprint density at radius 1 is 1.34 bits per heavy atom. The number of fused-ring (bicyclic) bond motifs is 2. The highest BCUT2D eigenvalue weighted by Crippen LogP contribution is 2.57. The molecule has 2 aliphatic carbocycles. The molecule has 1 saturated carbocycles. The minimum absolute atomic E-state index is 0.0110. The van der Waals surface area contributed by atoms with E-state index in [2.05, 4.69) is 19.2 Å². The zero-order valence-electron chi connectivity index (χ0n) is 20.1. The van der Waals surface area contributed by atoms with Crippen LogP contribution in [0.2, 0.25) is 0 Å². The van der Waals surface area contributed by atoms with Crippen molar-refractivity contribution in [3.05, 3.63) is 10.6 Å². The molecule has 7 nitrogen and oxygen atoms in total. The number of aliphatic hydroxyl groups excluding tert-OH is 1. The maximum Gasteiger partial charge on any atom is 0.240 e. The molecular weight excluding hydrogens is 424 g/mol. The van der Waals surface area contributed by atoms with Gasteiger partial charge in [0.05, 0.1) is 18.3 Å². The van der Waals surface area contributed by atoms with Gasteiger partial charge in [0.2, 0.25) is 11.8 Å². The lowest BCUT2D eigenvalue weighted by atomic mass is 9.53. The molecule has 0 bridgehead atoms. The SMILES string of the molecule is C[C@H](C(=O)N1CCCC1)[C@@H]1CC[C@]2(C)Cc3sc(NC(=O)CN(C)C)nc3[C@H](C)[C@@H]2[C@H]1O. The van der Waals surface area contributed by atoms with Crippen molar-refractivity contribution in [2.75, 3.05) is 39.0 Å². The minimum atomic E-state index is -0.521. The summed E-state index contributed by atoms with van der Waals surface area (Å²) in [6, 6.07) is 0. The van der Waals surface area contributed by atoms with Crippen LogP contribution in [-0.2, 0) is 16.0 Å². The summed E-state index contributed by atoms with van der Waals surface area (Å²) in [6.07, 6.45) is 4.40. The van der Waals surface area contributed by atoms with E-state index >= 15 is 0 Å². The quantitative estimate of drug-likeness (QED) is 0.703. The first kappa shape index (κ1) is 23.6. The number of likely N-dealkylation sites (tertiary alicyclic amines) is 1. The molecule has 2 heterocycles. The van der Waals surface area contributed by atoms with E-state index in [-0.39, 0.29) is 40.9 Å². The number of aromatic nitrogens is 1. The van der Waals surface area contributed by atoms with E-state index in [0.29, 0.717) is 11.7 Å². The summed E-state index contributed by atoms with van der Waals surface area (Å²) in [6.45, 7) is 8.49. The van der Waals surface area contributed by atoms with Crippen LogP contribution in [0.3, 0.4) is 0 Å². The van der Waals surface area contributed by atoms with Crippen LogP contribution in [0.1, 0.15) is 62.9 Å². The van der Waals surface area contributed by atoms with Gasteiger partial charge in [0, 0.05) is 29.8 Å². The summed E-state index contributed by atoms with van der Waals surface area (Å²) in [5.41, 5.74) is 0.992. The van der Waals surface area contributed by atoms with Crippen LogP contribution < -0.4 is 5.32 Å². The summed E-state index contributed by atoms with van der Waals surface area (Å²) < 4.78 is 0. The van der Waals surface area contributed by atoms with Gasteiger partial charge in [-0.2, -0.15) is 0 Å². The van der Waals surface area contributed by atoms with E-state index in [1.165, 1.54) is 4.88 Å². The smallest absolute Gasteiger partial charge is 0.240 e. The van der Waals surface area contributed by atoms with Crippen molar-refractivity contribution in [2.45, 2.75) is 64.9 Å². The third-order valence-corrected chi connectivity index (χ3v) is 9.06. The Morgan fingerprint density at radius 2 is 2.03 bits per heavy atom. The van der Waals surface area contributed by atoms with Crippen molar-refractivity contribution >= 4 is 28.3 Å². The number of likely N-dealkylation sites (N-methyl/N-ethyl adjacent to an activating group) is 1. The van der Waals surface area contributed by atoms with Gasteiger partial charge in [-0.25, -0.2) is 4.98 Å². The summed E-state index contributed by atoms with van der Waals surface area (Å²) in [4.78, 5) is 35.1. The van der Waals surface area contributed by atoms with Crippen molar-refractivity contribution in [3.63, 3.8) is 0 Å². The lowest BCUT2D eigenvalue weighted by Gasteiger charge is -2.53. The molecule has 8 heteroatoms. The summed E-state index contributed by atoms with van der Waals surface area (Å²) in [5, 5.41) is 15.2. The Bertz CT molecular complexity index is 865. The predicted octanol–water partition coefficient (Wildman–Crippen LogP) is 2.95. The number of nitrogens with zero attached hydrogens (tertiary/aromatic N) is 3. The lowest BCUT2D eigenvalue weighted by Crippen LogP contribution is -2.53. The average Bonchev–Trinajstić information content (AvgIpc) is 3.36. The van der Waals surface area contributed by atoms with Gasteiger partial charge in [-0.3, -0.25) is 9.59 Å². The molecule has 3 aliphatic rings. The molecule has 2 N–H and O–H groups in total. The highest BCUT2D eigenvalue weighted by atomic mass is 32.1. The highest BCUT2D eigenvalue weighted by molar-refractivity contribution is 7.15. The number of nitrogens with one attached hydrogen (secondary N) is 1. The molecule has 1 aliphatic heterocycles. The number of carbonyl (C=O) groups is 2. The number of thiazole rings is 1. The minimum Gasteiger partial charge on any atom is -0.392 e. The zero-order valence-corrected chi connectivity index (χ0v) is 20.9. The van der Waals surface area contributed by atoms with Gasteiger partial charge >= 0.3 is 0 Å². The topological polar surface area (TPSA) is 85.8 Å². The van der Waals surface area contributed by atoms with Crippen LogP contribution >= 0.6 is 11.3 Å². The molecule has 0 radical (unpaired) electrons. The second kappa shape index (κ2) is 9.03. The second-order valence-electron chi connectivity index (χ2n) is 10.8. The van der Waals surface area contributed by atoms with E-state index in [1.807, 2.05) is 30.8 Å². The fraction of sp³-hybridized carbons (Fsp3) is 0.792. The van der Waals surface area contributed by atoms with Crippen LogP contribution in [0.15, 0.2) is 0 Å². The Labute approximate surface area is 195 Å². The predicted molar refractivity (Wildman–Crippen MR) is 127 cm³/mol. The normalized spacial score (nSPS) is 33.0. The van der Waals surface area contributed by atoms with Crippen LogP contribution in [-0.4, -0.2) is 71.5 Å². The van der Waals surface area contributed by atoms with Crippen molar-refractivity contribution < 1.29 is 14.7 Å². The van der Waals surface area contributed by atoms with Gasteiger partial charge in [-0.1, -0.05) is 20.8 Å². The molecule has 32 heavy (non-hydrogen) atoms. The Hall–Kier alpha value is -1.51. The molecule has 2 fully saturated rings. The van der Waals surface area contributed by atoms with Crippen LogP contribution in [0.4, 0.5) is 5.13 Å². The summed E-state index contributed by atoms with van der Waals surface area (Å²) in [7, 11) is 3.74. The van der Waals surface area contributed by atoms with Crippen LogP contribution in [0, 0.1) is 23.2 Å². The van der Waals surface area contributed by atoms with Crippen molar-refractivity contribution in [2.24, 2.45) is 23.2 Å². The number of amides is 2. The van der Waals surface area contributed by atoms with E-state index < -0.39 is 6.10 Å². The molecule has 178 valence electrons. The maximum atomic E-state index is 13.1. The van der Waals surface area contributed by atoms with Gasteiger partial charge in [0.25, 0.3) is 0 Å². The van der Waals surface area contributed by atoms with Crippen molar-refractivity contribution in [1.82, 2.24) is 14.8 Å². The Balaban J connectivity index is 1.53. The molecule has 1 aromatic rings. The molecule has 6 atom stereocenters. The monoisotopic (exact) mass is 462 g/mol. The number of hydrogen-bond donors (Lipinski definition) is 2. The van der Waals surface area contributed by atoms with Gasteiger partial charge in [-0.05, 0) is 63.5 Å². The summed E-state index contributed by atoms with van der Waals surface area (Å²) in [5.74, 6) is 0.132. The molecule has 1 saturated heterocycles. The van der Waals surface area contributed by atoms with E-state index in [0.717, 1.165) is 50.9 Å². The second-order valence-corrected chi connectivity index (χ2v) is 11.9. The number of hydrogen-bond acceptors (Lipinski definition) is 6. The number of carbonyl (C=O) groups excluding carboxylic acids is 2. The molecule has 4 rings (SSSR count). The lowest BCUT2D eigenvalue weighted by molar-refractivity contribution is -0.143. The Kier molecular flexibility index (Phi) is 6.67. The number of anilines is 1. The van der Waals surface area contributed by atoms with Crippen molar-refractivity contribution in [3.8, 4) is 0 Å². The molecule has 0 unspecified atom stereocenters. The third-order valence-electron chi connectivity index (χ3n) is 8.08. The van der Waals surface area contributed by atoms with E-state index in [9.17, 15) is 14.7 Å². The average molecular weight is 463 g/mol. The molecule has 2 amide bonds. The third kappa shape index (κ3) is 4.33. The van der Waals surface area contributed by atoms with Crippen molar-refractivity contribution in [1.29, 1.82) is 0 Å².